The molecule has 1 atom stereocenters. The van der Waals surface area contributed by atoms with Crippen molar-refractivity contribution < 1.29 is 19.4 Å². The third kappa shape index (κ3) is 6.03. The van der Waals surface area contributed by atoms with Gasteiger partial charge in [-0.15, -0.1) is 0 Å². The number of aliphatic carboxylic acids is 1. The molecule has 0 bridgehead atoms. The summed E-state index contributed by atoms with van der Waals surface area (Å²) in [6, 6.07) is 23.3. The van der Waals surface area contributed by atoms with Gasteiger partial charge in [0.1, 0.15) is 23.2 Å². The van der Waals surface area contributed by atoms with Crippen molar-refractivity contribution in [2.75, 3.05) is 0 Å². The van der Waals surface area contributed by atoms with Crippen LogP contribution in [0.15, 0.2) is 85.1 Å². The van der Waals surface area contributed by atoms with Gasteiger partial charge in [0.15, 0.2) is 0 Å². The number of hydrogen-bond acceptors (Lipinski definition) is 4. The second kappa shape index (κ2) is 9.97. The molecule has 1 heterocycles. The molecule has 4 rings (SSSR count). The number of nitrogens with one attached hydrogen (secondary N) is 1. The maximum absolute atomic E-state index is 12.7. The summed E-state index contributed by atoms with van der Waals surface area (Å²) in [5.41, 5.74) is 2.28. The highest BCUT2D eigenvalue weighted by molar-refractivity contribution is 5.98. The molecule has 0 spiro atoms. The van der Waals surface area contributed by atoms with Crippen molar-refractivity contribution in [3.63, 3.8) is 0 Å². The molecular weight excluding hydrogens is 440 g/mol. The van der Waals surface area contributed by atoms with Crippen LogP contribution in [0.4, 0.5) is 0 Å². The van der Waals surface area contributed by atoms with Crippen molar-refractivity contribution in [3.8, 4) is 11.5 Å². The van der Waals surface area contributed by atoms with E-state index < -0.39 is 17.9 Å². The number of fused-ring (bicyclic) bond motifs is 1. The number of amides is 1. The molecule has 0 saturated carbocycles. The summed E-state index contributed by atoms with van der Waals surface area (Å²) in [5, 5.41) is 13.7. The zero-order chi connectivity index (χ0) is 25.0. The Bertz CT molecular complexity index is 1340. The average Bonchev–Trinajstić information content (AvgIpc) is 2.83. The van der Waals surface area contributed by atoms with Crippen LogP contribution < -0.4 is 10.1 Å². The fourth-order valence-electron chi connectivity index (χ4n) is 3.75. The Balaban J connectivity index is 1.47. The van der Waals surface area contributed by atoms with Gasteiger partial charge in [-0.3, -0.25) is 9.78 Å². The molecule has 178 valence electrons. The second-order valence-electron chi connectivity index (χ2n) is 9.51. The number of carboxylic acids is 1. The molecule has 1 amide bonds. The number of carbonyl (C=O) groups excluding carboxylic acids is 1. The molecule has 0 unspecified atom stereocenters. The van der Waals surface area contributed by atoms with Crippen molar-refractivity contribution in [1.82, 2.24) is 10.3 Å². The number of aromatic nitrogens is 1. The van der Waals surface area contributed by atoms with Crippen LogP contribution in [0.3, 0.4) is 0 Å². The van der Waals surface area contributed by atoms with E-state index in [0.717, 1.165) is 22.1 Å². The molecular formula is C29H28N2O4. The van der Waals surface area contributed by atoms with Crippen molar-refractivity contribution in [3.05, 3.63) is 102 Å². The number of carboxylic acid groups (broad SMARTS) is 1. The summed E-state index contributed by atoms with van der Waals surface area (Å²) in [4.78, 5) is 28.7. The van der Waals surface area contributed by atoms with Crippen molar-refractivity contribution in [2.24, 2.45) is 0 Å². The van der Waals surface area contributed by atoms with Crippen LogP contribution in [0.2, 0.25) is 0 Å². The first-order chi connectivity index (χ1) is 16.7. The smallest absolute Gasteiger partial charge is 0.326 e. The molecule has 2 N–H and O–H groups in total. The predicted octanol–water partition coefficient (Wildman–Crippen LogP) is 5.75. The first-order valence-electron chi connectivity index (χ1n) is 11.4. The molecule has 0 fully saturated rings. The number of ether oxygens (including phenoxy) is 1. The summed E-state index contributed by atoms with van der Waals surface area (Å²) >= 11 is 0. The fraction of sp³-hybridized carbons (Fsp3) is 0.207. The molecule has 0 aliphatic rings. The van der Waals surface area contributed by atoms with E-state index in [4.69, 9.17) is 4.74 Å². The van der Waals surface area contributed by atoms with E-state index >= 15 is 0 Å². The van der Waals surface area contributed by atoms with Gasteiger partial charge < -0.3 is 15.2 Å². The minimum Gasteiger partial charge on any atom is -0.480 e. The molecule has 3 aromatic carbocycles. The van der Waals surface area contributed by atoms with Gasteiger partial charge in [-0.2, -0.15) is 0 Å². The lowest BCUT2D eigenvalue weighted by molar-refractivity contribution is -0.139. The SMILES string of the molecule is CC(C)(C)c1ccc(Oc2ccc3cc(C(=O)N[C@@H](Cc4ccccc4)C(=O)O)ncc3c2)cc1. The van der Waals surface area contributed by atoms with E-state index in [0.29, 0.717) is 5.75 Å². The van der Waals surface area contributed by atoms with Crippen LogP contribution in [-0.4, -0.2) is 28.0 Å². The van der Waals surface area contributed by atoms with E-state index in [9.17, 15) is 14.7 Å². The summed E-state index contributed by atoms with van der Waals surface area (Å²) < 4.78 is 6.00. The fourth-order valence-corrected chi connectivity index (χ4v) is 3.75. The quantitative estimate of drug-likeness (QED) is 0.361. The second-order valence-corrected chi connectivity index (χ2v) is 9.51. The Kier molecular flexibility index (Phi) is 6.82. The molecule has 4 aromatic rings. The highest BCUT2D eigenvalue weighted by Crippen LogP contribution is 2.28. The number of carbonyl (C=O) groups is 2. The Morgan fingerprint density at radius 2 is 1.60 bits per heavy atom. The normalized spacial score (nSPS) is 12.2. The topological polar surface area (TPSA) is 88.5 Å². The van der Waals surface area contributed by atoms with Crippen molar-refractivity contribution >= 4 is 22.6 Å². The maximum Gasteiger partial charge on any atom is 0.326 e. The van der Waals surface area contributed by atoms with E-state index in [1.807, 2.05) is 60.7 Å². The summed E-state index contributed by atoms with van der Waals surface area (Å²) in [5.74, 6) is -0.233. The zero-order valence-electron chi connectivity index (χ0n) is 20.0. The monoisotopic (exact) mass is 468 g/mol. The molecule has 0 aliphatic carbocycles. The van der Waals surface area contributed by atoms with E-state index in [1.54, 1.807) is 12.3 Å². The molecule has 35 heavy (non-hydrogen) atoms. The highest BCUT2D eigenvalue weighted by Gasteiger charge is 2.22. The van der Waals surface area contributed by atoms with Crippen LogP contribution in [-0.2, 0) is 16.6 Å². The van der Waals surface area contributed by atoms with Gasteiger partial charge in [0.2, 0.25) is 0 Å². The van der Waals surface area contributed by atoms with Gasteiger partial charge in [0.25, 0.3) is 5.91 Å². The van der Waals surface area contributed by atoms with Crippen LogP contribution in [0.25, 0.3) is 10.8 Å². The lowest BCUT2D eigenvalue weighted by atomic mass is 9.87. The first-order valence-corrected chi connectivity index (χ1v) is 11.4. The van der Waals surface area contributed by atoms with Gasteiger partial charge in [-0.25, -0.2) is 4.79 Å². The Morgan fingerprint density at radius 3 is 2.26 bits per heavy atom. The van der Waals surface area contributed by atoms with Crippen LogP contribution in [0, 0.1) is 0 Å². The molecule has 0 radical (unpaired) electrons. The van der Waals surface area contributed by atoms with Gasteiger partial charge in [0, 0.05) is 18.0 Å². The molecule has 6 heteroatoms. The Labute approximate surface area is 204 Å². The third-order valence-electron chi connectivity index (χ3n) is 5.77. The molecule has 0 saturated heterocycles. The number of benzene rings is 3. The van der Waals surface area contributed by atoms with E-state index in [1.165, 1.54) is 5.56 Å². The Hall–Kier alpha value is -4.19. The number of pyridine rings is 1. The molecule has 6 nitrogen and oxygen atoms in total. The number of rotatable bonds is 7. The van der Waals surface area contributed by atoms with Gasteiger partial charge >= 0.3 is 5.97 Å². The van der Waals surface area contributed by atoms with Gasteiger partial charge in [0.05, 0.1) is 0 Å². The standard InChI is InChI=1S/C29H28N2O4/c1-29(2,3)22-10-13-23(14-11-22)35-24-12-9-20-17-25(30-18-21(20)16-24)27(32)31-26(28(33)34)15-19-7-5-4-6-8-19/h4-14,16-18,26H,15H2,1-3H3,(H,31,32)(H,33,34)/t26-/m0/s1. The van der Waals surface area contributed by atoms with Crippen molar-refractivity contribution in [1.29, 1.82) is 0 Å². The third-order valence-corrected chi connectivity index (χ3v) is 5.77. The number of nitrogens with zero attached hydrogens (tertiary/aromatic N) is 1. The number of hydrogen-bond donors (Lipinski definition) is 2. The lowest BCUT2D eigenvalue weighted by Gasteiger charge is -2.19. The van der Waals surface area contributed by atoms with Gasteiger partial charge in [-0.1, -0.05) is 69.3 Å². The Morgan fingerprint density at radius 1 is 0.914 bits per heavy atom. The minimum atomic E-state index is -1.10. The molecule has 0 aliphatic heterocycles. The van der Waals surface area contributed by atoms with Crippen LogP contribution >= 0.6 is 0 Å². The minimum absolute atomic E-state index is 0.0726. The first kappa shape index (κ1) is 24.0. The van der Waals surface area contributed by atoms with Gasteiger partial charge in [-0.05, 0) is 52.3 Å². The van der Waals surface area contributed by atoms with Crippen LogP contribution in [0.5, 0.6) is 11.5 Å². The highest BCUT2D eigenvalue weighted by atomic mass is 16.5. The van der Waals surface area contributed by atoms with E-state index in [2.05, 4.69) is 43.2 Å². The summed E-state index contributed by atoms with van der Waals surface area (Å²) in [7, 11) is 0. The predicted molar refractivity (Wildman–Crippen MR) is 136 cm³/mol. The van der Waals surface area contributed by atoms with Crippen molar-refractivity contribution in [2.45, 2.75) is 38.6 Å². The molecule has 1 aromatic heterocycles. The summed E-state index contributed by atoms with van der Waals surface area (Å²) in [6.45, 7) is 6.50. The summed E-state index contributed by atoms with van der Waals surface area (Å²) in [6.07, 6.45) is 1.78. The van der Waals surface area contributed by atoms with E-state index in [-0.39, 0.29) is 17.5 Å². The largest absolute Gasteiger partial charge is 0.480 e. The zero-order valence-corrected chi connectivity index (χ0v) is 20.0. The van der Waals surface area contributed by atoms with Crippen LogP contribution in [0.1, 0.15) is 42.4 Å². The average molecular weight is 469 g/mol. The maximum atomic E-state index is 12.7. The lowest BCUT2D eigenvalue weighted by Crippen LogP contribution is -2.42.